The minimum Gasteiger partial charge on any atom is -0.477 e. The van der Waals surface area contributed by atoms with Crippen LogP contribution in [-0.2, 0) is 12.6 Å². The van der Waals surface area contributed by atoms with E-state index in [1.807, 2.05) is 24.3 Å². The Balaban J connectivity index is 1.72. The lowest BCUT2D eigenvalue weighted by Gasteiger charge is -2.08. The van der Waals surface area contributed by atoms with Gasteiger partial charge in [-0.2, -0.15) is 13.2 Å². The number of aromatic carboxylic acids is 1. The summed E-state index contributed by atoms with van der Waals surface area (Å²) in [4.78, 5) is 13.2. The maximum atomic E-state index is 13.0. The molecule has 2 heterocycles. The fourth-order valence-electron chi connectivity index (χ4n) is 3.14. The molecule has 2 aromatic carbocycles. The number of hydrogen-bond acceptors (Lipinski definition) is 3. The van der Waals surface area contributed by atoms with Crippen LogP contribution in [0, 0.1) is 6.92 Å². The van der Waals surface area contributed by atoms with Gasteiger partial charge in [0.25, 0.3) is 0 Å². The molecule has 8 heteroatoms. The number of alkyl halides is 3. The summed E-state index contributed by atoms with van der Waals surface area (Å²) < 4.78 is 44.4. The van der Waals surface area contributed by atoms with Gasteiger partial charge in [0.15, 0.2) is 5.38 Å². The van der Waals surface area contributed by atoms with Gasteiger partial charge < -0.3 is 5.11 Å². The van der Waals surface area contributed by atoms with Crippen LogP contribution < -0.4 is 0 Å². The molecule has 1 N–H and O–H groups in total. The third-order valence-electron chi connectivity index (χ3n) is 4.50. The van der Waals surface area contributed by atoms with Gasteiger partial charge in [-0.25, -0.2) is 4.79 Å². The van der Waals surface area contributed by atoms with Crippen LogP contribution in [0.5, 0.6) is 0 Å². The van der Waals surface area contributed by atoms with Crippen molar-refractivity contribution >= 4 is 38.1 Å². The Kier molecular flexibility index (Phi) is 4.92. The highest BCUT2D eigenvalue weighted by molar-refractivity contribution is 7.37. The molecule has 29 heavy (non-hydrogen) atoms. The van der Waals surface area contributed by atoms with E-state index < -0.39 is 28.4 Å². The maximum absolute atomic E-state index is 13.0. The number of thiophene rings is 1. The van der Waals surface area contributed by atoms with Gasteiger partial charge in [0.1, 0.15) is 21.9 Å². The lowest BCUT2D eigenvalue weighted by Crippen LogP contribution is -2.05. The topological polar surface area (TPSA) is 50.2 Å². The maximum Gasteiger partial charge on any atom is 0.416 e. The number of aryl methyl sites for hydroxylation is 1. The lowest BCUT2D eigenvalue weighted by atomic mass is 10.1. The zero-order chi connectivity index (χ0) is 20.8. The minimum absolute atomic E-state index is 0.214. The highest BCUT2D eigenvalue weighted by Crippen LogP contribution is 2.41. The Morgan fingerprint density at radius 3 is 2.62 bits per heavy atom. The first-order valence-corrected chi connectivity index (χ1v) is 10.7. The Labute approximate surface area is 171 Å². The van der Waals surface area contributed by atoms with Crippen molar-refractivity contribution in [2.75, 3.05) is 0 Å². The molecule has 0 radical (unpaired) electrons. The molecule has 0 amide bonds. The second-order valence-electron chi connectivity index (χ2n) is 6.59. The average molecular weight is 434 g/mol. The molecule has 3 nitrogen and oxygen atoms in total. The van der Waals surface area contributed by atoms with Crippen LogP contribution in [0.2, 0.25) is 0 Å². The van der Waals surface area contributed by atoms with Gasteiger partial charge in [0.2, 0.25) is 4.90 Å². The summed E-state index contributed by atoms with van der Waals surface area (Å²) in [7, 11) is -0.688. The molecular weight excluding hydrogens is 419 g/mol. The van der Waals surface area contributed by atoms with Crippen molar-refractivity contribution in [1.82, 2.24) is 4.37 Å². The van der Waals surface area contributed by atoms with E-state index in [4.69, 9.17) is 0 Å². The first-order valence-electron chi connectivity index (χ1n) is 8.64. The predicted molar refractivity (Wildman–Crippen MR) is 109 cm³/mol. The Bertz CT molecular complexity index is 1220. The molecule has 1 unspecified atom stereocenters. The molecule has 4 aromatic rings. The largest absolute Gasteiger partial charge is 0.477 e. The Morgan fingerprint density at radius 1 is 1.17 bits per heavy atom. The first-order chi connectivity index (χ1) is 13.7. The van der Waals surface area contributed by atoms with E-state index in [0.717, 1.165) is 25.9 Å². The summed E-state index contributed by atoms with van der Waals surface area (Å²) in [6.07, 6.45) is -3.97. The van der Waals surface area contributed by atoms with E-state index in [0.29, 0.717) is 17.7 Å². The number of benzene rings is 2. The number of fused-ring (bicyclic) bond motifs is 1. The van der Waals surface area contributed by atoms with Crippen molar-refractivity contribution in [1.29, 1.82) is 0 Å². The summed E-state index contributed by atoms with van der Waals surface area (Å²) in [5.74, 6) is -0.996. The molecule has 4 rings (SSSR count). The van der Waals surface area contributed by atoms with Crippen LogP contribution in [0.3, 0.4) is 0 Å². The highest BCUT2D eigenvalue weighted by Gasteiger charge is 2.30. The number of carboxylic acid groups (broad SMARTS) is 1. The van der Waals surface area contributed by atoms with Crippen molar-refractivity contribution in [3.05, 3.63) is 81.2 Å². The second kappa shape index (κ2) is 7.27. The standard InChI is InChI=1S/C21H14F3NO2S2/c1-12-17(20(26)27)11-29(25-12)18-7-3-5-14-10-16(28-19(14)18)9-13-4-2-6-15(8-13)21(22,23)24/h2-8,10-11H,9H2,1H3/p+1. The zero-order valence-corrected chi connectivity index (χ0v) is 16.8. The normalized spacial score (nSPS) is 12.5. The van der Waals surface area contributed by atoms with E-state index in [9.17, 15) is 23.1 Å². The molecule has 0 bridgehead atoms. The molecule has 0 aliphatic heterocycles. The van der Waals surface area contributed by atoms with Crippen LogP contribution in [0.1, 0.15) is 32.1 Å². The molecule has 1 atom stereocenters. The number of carbonyl (C=O) groups is 1. The van der Waals surface area contributed by atoms with Crippen molar-refractivity contribution in [2.45, 2.75) is 19.5 Å². The van der Waals surface area contributed by atoms with Gasteiger partial charge in [0.05, 0.1) is 10.3 Å². The molecule has 0 fully saturated rings. The van der Waals surface area contributed by atoms with Crippen LogP contribution in [-0.4, -0.2) is 15.4 Å². The van der Waals surface area contributed by atoms with Crippen molar-refractivity contribution < 1.29 is 23.1 Å². The molecule has 0 saturated heterocycles. The SMILES string of the molecule is Cc1n[s+](-c2cccc3cc(Cc4cccc(C(F)(F)F)c4)sc23)cc1C(=O)O. The van der Waals surface area contributed by atoms with Crippen molar-refractivity contribution in [3.63, 3.8) is 0 Å². The summed E-state index contributed by atoms with van der Waals surface area (Å²) in [6.45, 7) is 1.68. The van der Waals surface area contributed by atoms with Gasteiger partial charge in [-0.15, -0.1) is 11.3 Å². The first kappa shape index (κ1) is 19.6. The average Bonchev–Trinajstić information content (AvgIpc) is 3.23. The molecule has 2 aromatic heterocycles. The molecule has 0 aliphatic rings. The fraction of sp³-hybridized carbons (Fsp3) is 0.143. The van der Waals surface area contributed by atoms with Crippen molar-refractivity contribution in [2.24, 2.45) is 0 Å². The smallest absolute Gasteiger partial charge is 0.416 e. The lowest BCUT2D eigenvalue weighted by molar-refractivity contribution is -0.137. The number of hydrogen-bond donors (Lipinski definition) is 1. The van der Waals surface area contributed by atoms with Gasteiger partial charge in [0, 0.05) is 17.4 Å². The van der Waals surface area contributed by atoms with Gasteiger partial charge >= 0.3 is 12.1 Å². The summed E-state index contributed by atoms with van der Waals surface area (Å²) in [5.41, 5.74) is 0.656. The van der Waals surface area contributed by atoms with E-state index in [1.54, 1.807) is 18.4 Å². The zero-order valence-electron chi connectivity index (χ0n) is 15.2. The predicted octanol–water partition coefficient (Wildman–Crippen LogP) is 6.65. The van der Waals surface area contributed by atoms with E-state index >= 15 is 0 Å². The summed E-state index contributed by atoms with van der Waals surface area (Å²) in [6, 6.07) is 13.1. The van der Waals surface area contributed by atoms with Crippen LogP contribution in [0.15, 0.2) is 53.9 Å². The number of carboxylic acids is 1. The monoisotopic (exact) mass is 434 g/mol. The van der Waals surface area contributed by atoms with Gasteiger partial charge in [-0.05, 0) is 34.4 Å². The van der Waals surface area contributed by atoms with Crippen molar-refractivity contribution in [3.8, 4) is 4.90 Å². The Morgan fingerprint density at radius 2 is 1.93 bits per heavy atom. The van der Waals surface area contributed by atoms with E-state index in [-0.39, 0.29) is 5.56 Å². The highest BCUT2D eigenvalue weighted by atomic mass is 32.2. The number of nitrogens with zero attached hydrogens (tertiary/aromatic N) is 1. The number of halogens is 3. The van der Waals surface area contributed by atoms with Gasteiger partial charge in [-0.3, -0.25) is 0 Å². The number of rotatable bonds is 4. The summed E-state index contributed by atoms with van der Waals surface area (Å²) in [5, 5.41) is 11.9. The third kappa shape index (κ3) is 3.90. The minimum atomic E-state index is -4.36. The van der Waals surface area contributed by atoms with E-state index in [1.165, 1.54) is 23.5 Å². The second-order valence-corrected chi connectivity index (χ2v) is 9.21. The molecular formula is C21H15F3NO2S2+. The van der Waals surface area contributed by atoms with Crippen LogP contribution in [0.4, 0.5) is 13.2 Å². The molecule has 0 saturated carbocycles. The Hall–Kier alpha value is -2.71. The molecule has 148 valence electrons. The molecule has 0 spiro atoms. The van der Waals surface area contributed by atoms with Crippen LogP contribution >= 0.6 is 22.0 Å². The summed E-state index contributed by atoms with van der Waals surface area (Å²) >= 11 is 1.51. The van der Waals surface area contributed by atoms with E-state index in [2.05, 4.69) is 4.37 Å². The van der Waals surface area contributed by atoms with Gasteiger partial charge in [-0.1, -0.05) is 30.3 Å². The van der Waals surface area contributed by atoms with Crippen LogP contribution in [0.25, 0.3) is 15.0 Å². The molecule has 0 aliphatic carbocycles. The number of aromatic nitrogens is 1. The third-order valence-corrected chi connectivity index (χ3v) is 7.54. The quantitative estimate of drug-likeness (QED) is 0.366. The fourth-order valence-corrected chi connectivity index (χ4v) is 6.31.